The van der Waals surface area contributed by atoms with Gasteiger partial charge < -0.3 is 19.9 Å². The Morgan fingerprint density at radius 3 is 2.67 bits per heavy atom. The lowest BCUT2D eigenvalue weighted by Gasteiger charge is -2.19. The van der Waals surface area contributed by atoms with Crippen molar-refractivity contribution < 1.29 is 19.1 Å². The van der Waals surface area contributed by atoms with E-state index in [2.05, 4.69) is 10.3 Å². The number of nitrogens with zero attached hydrogens (tertiary/aromatic N) is 1. The number of amides is 2. The average Bonchev–Trinajstić information content (AvgIpc) is 3.18. The number of carbonyl (C=O) groups is 3. The highest BCUT2D eigenvalue weighted by Gasteiger charge is 2.26. The minimum Gasteiger partial charge on any atom is -0.462 e. The fraction of sp³-hybridized carbons (Fsp3) is 0.350. The van der Waals surface area contributed by atoms with Gasteiger partial charge in [0.15, 0.2) is 0 Å². The van der Waals surface area contributed by atoms with Crippen molar-refractivity contribution in [2.75, 3.05) is 23.4 Å². The van der Waals surface area contributed by atoms with E-state index >= 15 is 0 Å². The number of carbonyl (C=O) groups excluding carboxylic acids is 3. The van der Waals surface area contributed by atoms with Crippen LogP contribution in [0.25, 0.3) is 0 Å². The van der Waals surface area contributed by atoms with Gasteiger partial charge in [0, 0.05) is 18.7 Å². The number of anilines is 2. The molecule has 2 N–H and O–H groups in total. The molecule has 0 unspecified atom stereocenters. The molecule has 0 spiro atoms. The van der Waals surface area contributed by atoms with E-state index in [1.54, 1.807) is 37.8 Å². The topological polar surface area (TPSA) is 91.5 Å². The number of ether oxygens (including phenoxy) is 1. The first-order valence-electron chi connectivity index (χ1n) is 9.01. The highest BCUT2D eigenvalue weighted by molar-refractivity contribution is 6.09. The Kier molecular flexibility index (Phi) is 5.30. The highest BCUT2D eigenvalue weighted by Crippen LogP contribution is 2.30. The first-order chi connectivity index (χ1) is 12.9. The van der Waals surface area contributed by atoms with Crippen LogP contribution >= 0.6 is 0 Å². The molecule has 1 aliphatic rings. The molecule has 1 saturated heterocycles. The Labute approximate surface area is 157 Å². The number of hydrogen-bond acceptors (Lipinski definition) is 4. The summed E-state index contributed by atoms with van der Waals surface area (Å²) in [5.41, 5.74) is 3.04. The van der Waals surface area contributed by atoms with Crippen LogP contribution in [0.4, 0.5) is 11.4 Å². The summed E-state index contributed by atoms with van der Waals surface area (Å²) >= 11 is 0. The number of aryl methyl sites for hydroxylation is 1. The van der Waals surface area contributed by atoms with Crippen molar-refractivity contribution in [2.45, 2.75) is 33.6 Å². The summed E-state index contributed by atoms with van der Waals surface area (Å²) in [5.74, 6) is -0.774. The monoisotopic (exact) mass is 369 g/mol. The first-order valence-corrected chi connectivity index (χ1v) is 9.01. The maximum Gasteiger partial charge on any atom is 0.340 e. The largest absolute Gasteiger partial charge is 0.462 e. The number of rotatable bonds is 5. The molecule has 1 aromatic carbocycles. The van der Waals surface area contributed by atoms with Gasteiger partial charge in [-0.1, -0.05) is 12.1 Å². The zero-order valence-electron chi connectivity index (χ0n) is 15.7. The van der Waals surface area contributed by atoms with Gasteiger partial charge in [-0.3, -0.25) is 9.59 Å². The maximum absolute atomic E-state index is 12.8. The zero-order valence-corrected chi connectivity index (χ0v) is 15.7. The maximum atomic E-state index is 12.8. The Bertz CT molecular complexity index is 901. The van der Waals surface area contributed by atoms with Crippen molar-refractivity contribution >= 4 is 29.2 Å². The van der Waals surface area contributed by atoms with E-state index in [4.69, 9.17) is 4.74 Å². The molecule has 7 nitrogen and oxygen atoms in total. The van der Waals surface area contributed by atoms with Crippen molar-refractivity contribution in [2.24, 2.45) is 0 Å². The molecule has 27 heavy (non-hydrogen) atoms. The third-order valence-electron chi connectivity index (χ3n) is 4.66. The molecule has 7 heteroatoms. The third-order valence-corrected chi connectivity index (χ3v) is 4.66. The summed E-state index contributed by atoms with van der Waals surface area (Å²) in [6.45, 7) is 6.08. The van der Waals surface area contributed by atoms with E-state index in [1.807, 2.05) is 12.1 Å². The molecule has 1 aliphatic heterocycles. The predicted octanol–water partition coefficient (Wildman–Crippen LogP) is 3.19. The summed E-state index contributed by atoms with van der Waals surface area (Å²) in [6, 6.07) is 7.21. The van der Waals surface area contributed by atoms with Gasteiger partial charge in [0.05, 0.1) is 23.5 Å². The van der Waals surface area contributed by atoms with Crippen LogP contribution in [-0.4, -0.2) is 35.9 Å². The van der Waals surface area contributed by atoms with Gasteiger partial charge in [0.25, 0.3) is 5.91 Å². The second kappa shape index (κ2) is 7.65. The molecule has 2 aromatic rings. The lowest BCUT2D eigenvalue weighted by molar-refractivity contribution is -0.117. The SMILES string of the molecule is CCOC(=O)c1c(C)[nH]c(C(=O)Nc2ccccc2N2CCCC2=O)c1C. The van der Waals surface area contributed by atoms with E-state index < -0.39 is 5.97 Å². The lowest BCUT2D eigenvalue weighted by Crippen LogP contribution is -2.25. The van der Waals surface area contributed by atoms with Gasteiger partial charge >= 0.3 is 5.97 Å². The van der Waals surface area contributed by atoms with Crippen LogP contribution < -0.4 is 10.2 Å². The molecular weight excluding hydrogens is 346 g/mol. The molecule has 0 radical (unpaired) electrons. The molecule has 0 bridgehead atoms. The number of benzene rings is 1. The van der Waals surface area contributed by atoms with Gasteiger partial charge in [-0.2, -0.15) is 0 Å². The van der Waals surface area contributed by atoms with Crippen LogP contribution in [0, 0.1) is 13.8 Å². The molecule has 0 atom stereocenters. The number of aromatic nitrogens is 1. The molecule has 3 rings (SSSR count). The van der Waals surface area contributed by atoms with Crippen molar-refractivity contribution in [3.05, 3.63) is 46.8 Å². The molecule has 2 amide bonds. The fourth-order valence-electron chi connectivity index (χ4n) is 3.39. The van der Waals surface area contributed by atoms with Crippen LogP contribution in [0.15, 0.2) is 24.3 Å². The molecular formula is C20H23N3O4. The van der Waals surface area contributed by atoms with Gasteiger partial charge in [-0.05, 0) is 44.9 Å². The summed E-state index contributed by atoms with van der Waals surface area (Å²) < 4.78 is 5.06. The van der Waals surface area contributed by atoms with Crippen LogP contribution in [-0.2, 0) is 9.53 Å². The van der Waals surface area contributed by atoms with E-state index in [0.29, 0.717) is 46.9 Å². The molecule has 0 saturated carbocycles. The summed E-state index contributed by atoms with van der Waals surface area (Å²) in [4.78, 5) is 41.7. The van der Waals surface area contributed by atoms with Crippen LogP contribution in [0.5, 0.6) is 0 Å². The Balaban J connectivity index is 1.88. The number of para-hydroxylation sites is 2. The van der Waals surface area contributed by atoms with Gasteiger partial charge in [-0.25, -0.2) is 4.79 Å². The van der Waals surface area contributed by atoms with Crippen LogP contribution in [0.2, 0.25) is 0 Å². The molecule has 142 valence electrons. The van der Waals surface area contributed by atoms with Crippen LogP contribution in [0.1, 0.15) is 51.9 Å². The summed E-state index contributed by atoms with van der Waals surface area (Å²) in [6.07, 6.45) is 1.32. The number of nitrogens with one attached hydrogen (secondary N) is 2. The third kappa shape index (κ3) is 3.58. The zero-order chi connectivity index (χ0) is 19.6. The minimum absolute atomic E-state index is 0.0493. The van der Waals surface area contributed by atoms with E-state index in [9.17, 15) is 14.4 Å². The summed E-state index contributed by atoms with van der Waals surface area (Å²) in [7, 11) is 0. The van der Waals surface area contributed by atoms with E-state index in [0.717, 1.165) is 6.42 Å². The molecule has 2 heterocycles. The second-order valence-electron chi connectivity index (χ2n) is 6.47. The van der Waals surface area contributed by atoms with Crippen molar-refractivity contribution in [1.29, 1.82) is 0 Å². The Morgan fingerprint density at radius 1 is 1.26 bits per heavy atom. The molecule has 1 aromatic heterocycles. The quantitative estimate of drug-likeness (QED) is 0.792. The van der Waals surface area contributed by atoms with Crippen LogP contribution in [0.3, 0.4) is 0 Å². The normalized spacial score (nSPS) is 13.7. The van der Waals surface area contributed by atoms with Gasteiger partial charge in [0.1, 0.15) is 5.69 Å². The van der Waals surface area contributed by atoms with Gasteiger partial charge in [-0.15, -0.1) is 0 Å². The fourth-order valence-corrected chi connectivity index (χ4v) is 3.39. The van der Waals surface area contributed by atoms with Crippen molar-refractivity contribution in [3.63, 3.8) is 0 Å². The predicted molar refractivity (Wildman–Crippen MR) is 102 cm³/mol. The van der Waals surface area contributed by atoms with Crippen molar-refractivity contribution in [1.82, 2.24) is 4.98 Å². The smallest absolute Gasteiger partial charge is 0.340 e. The number of H-pyrrole nitrogens is 1. The second-order valence-corrected chi connectivity index (χ2v) is 6.47. The summed E-state index contributed by atoms with van der Waals surface area (Å²) in [5, 5.41) is 2.86. The Hall–Kier alpha value is -3.09. The highest BCUT2D eigenvalue weighted by atomic mass is 16.5. The number of hydrogen-bond donors (Lipinski definition) is 2. The van der Waals surface area contributed by atoms with Crippen molar-refractivity contribution in [3.8, 4) is 0 Å². The minimum atomic E-state index is -0.453. The van der Waals surface area contributed by atoms with Gasteiger partial charge in [0.2, 0.25) is 5.91 Å². The number of esters is 1. The van der Waals surface area contributed by atoms with E-state index in [1.165, 1.54) is 0 Å². The first kappa shape index (κ1) is 18.7. The molecule has 1 fully saturated rings. The molecule has 0 aliphatic carbocycles. The Morgan fingerprint density at radius 2 is 2.00 bits per heavy atom. The number of aromatic amines is 1. The lowest BCUT2D eigenvalue weighted by atomic mass is 10.1. The van der Waals surface area contributed by atoms with E-state index in [-0.39, 0.29) is 18.4 Å². The standard InChI is InChI=1S/C20H23N3O4/c1-4-27-20(26)17-12(2)18(21-13(17)3)19(25)22-14-8-5-6-9-15(14)23-11-7-10-16(23)24/h5-6,8-9,21H,4,7,10-11H2,1-3H3,(H,22,25). The average molecular weight is 369 g/mol.